The van der Waals surface area contributed by atoms with Crippen LogP contribution in [-0.2, 0) is 6.42 Å². The Morgan fingerprint density at radius 3 is 2.39 bits per heavy atom. The van der Waals surface area contributed by atoms with Gasteiger partial charge in [0.05, 0.1) is 0 Å². The van der Waals surface area contributed by atoms with E-state index < -0.39 is 0 Å². The van der Waals surface area contributed by atoms with E-state index in [9.17, 15) is 0 Å². The lowest BCUT2D eigenvalue weighted by atomic mass is 9.93. The third-order valence-electron chi connectivity index (χ3n) is 4.92. The number of benzene rings is 2. The number of hydrogen-bond donors (Lipinski definition) is 1. The first kappa shape index (κ1) is 16.1. The van der Waals surface area contributed by atoms with Crippen LogP contribution in [0, 0.1) is 5.92 Å². The molecule has 1 fully saturated rings. The molecule has 1 aliphatic rings. The molecule has 1 N–H and O–H groups in total. The highest BCUT2D eigenvalue weighted by Gasteiger charge is 2.25. The Morgan fingerprint density at radius 2 is 1.70 bits per heavy atom. The van der Waals surface area contributed by atoms with Gasteiger partial charge in [0.25, 0.3) is 0 Å². The van der Waals surface area contributed by atoms with Crippen LogP contribution in [0.5, 0.6) is 0 Å². The zero-order chi connectivity index (χ0) is 15.9. The Balaban J connectivity index is 1.40. The fraction of sp³-hybridized carbons (Fsp3) is 0.429. The van der Waals surface area contributed by atoms with Gasteiger partial charge in [0.2, 0.25) is 0 Å². The van der Waals surface area contributed by atoms with Gasteiger partial charge in [0.1, 0.15) is 0 Å². The van der Waals surface area contributed by atoms with Gasteiger partial charge in [0, 0.05) is 24.8 Å². The van der Waals surface area contributed by atoms with Crippen molar-refractivity contribution in [3.8, 4) is 0 Å². The van der Waals surface area contributed by atoms with Gasteiger partial charge in [-0.15, -0.1) is 0 Å². The van der Waals surface area contributed by atoms with E-state index in [1.54, 1.807) is 0 Å². The Labute approximate surface area is 140 Å². The van der Waals surface area contributed by atoms with Crippen LogP contribution in [0.25, 0.3) is 0 Å². The van der Waals surface area contributed by atoms with E-state index in [2.05, 4.69) is 77.8 Å². The molecule has 2 heteroatoms. The maximum atomic E-state index is 3.79. The van der Waals surface area contributed by atoms with Crippen LogP contribution in [0.2, 0.25) is 0 Å². The summed E-state index contributed by atoms with van der Waals surface area (Å²) in [7, 11) is 0. The van der Waals surface area contributed by atoms with Gasteiger partial charge in [-0.05, 0) is 49.4 Å². The van der Waals surface area contributed by atoms with Crippen molar-refractivity contribution in [3.05, 3.63) is 66.2 Å². The average molecular weight is 308 g/mol. The fourth-order valence-electron chi connectivity index (χ4n) is 3.55. The summed E-state index contributed by atoms with van der Waals surface area (Å²) in [5, 5.41) is 3.79. The summed E-state index contributed by atoms with van der Waals surface area (Å²) in [6.07, 6.45) is 3.63. The molecule has 2 atom stereocenters. The molecule has 0 radical (unpaired) electrons. The molecule has 1 saturated heterocycles. The van der Waals surface area contributed by atoms with Crippen LogP contribution < -0.4 is 10.2 Å². The summed E-state index contributed by atoms with van der Waals surface area (Å²) in [4.78, 5) is 2.52. The monoisotopic (exact) mass is 308 g/mol. The summed E-state index contributed by atoms with van der Waals surface area (Å²) in [6.45, 7) is 5.81. The predicted molar refractivity (Wildman–Crippen MR) is 99.0 cm³/mol. The average Bonchev–Trinajstić information content (AvgIpc) is 2.61. The molecule has 0 saturated carbocycles. The first-order valence-electron chi connectivity index (χ1n) is 8.90. The summed E-state index contributed by atoms with van der Waals surface area (Å²) in [6, 6.07) is 22.3. The van der Waals surface area contributed by atoms with Gasteiger partial charge in [-0.25, -0.2) is 0 Å². The molecule has 0 aromatic heterocycles. The molecule has 0 bridgehead atoms. The number of nitrogens with zero attached hydrogens (tertiary/aromatic N) is 1. The van der Waals surface area contributed by atoms with Crippen molar-refractivity contribution in [2.45, 2.75) is 32.2 Å². The summed E-state index contributed by atoms with van der Waals surface area (Å²) >= 11 is 0. The Morgan fingerprint density at radius 1 is 1.00 bits per heavy atom. The van der Waals surface area contributed by atoms with E-state index in [-0.39, 0.29) is 0 Å². The number of anilines is 1. The van der Waals surface area contributed by atoms with Gasteiger partial charge in [-0.1, -0.05) is 55.5 Å². The number of rotatable bonds is 6. The summed E-state index contributed by atoms with van der Waals surface area (Å²) in [5.74, 6) is 0.695. The molecule has 0 aliphatic carbocycles. The van der Waals surface area contributed by atoms with Gasteiger partial charge >= 0.3 is 0 Å². The van der Waals surface area contributed by atoms with Crippen LogP contribution in [0.1, 0.15) is 25.3 Å². The largest absolute Gasteiger partial charge is 0.371 e. The van der Waals surface area contributed by atoms with Gasteiger partial charge in [-0.3, -0.25) is 0 Å². The second-order valence-corrected chi connectivity index (χ2v) is 6.70. The highest BCUT2D eigenvalue weighted by atomic mass is 15.2. The van der Waals surface area contributed by atoms with Crippen LogP contribution in [0.3, 0.4) is 0 Å². The first-order chi connectivity index (χ1) is 11.3. The SMILES string of the molecule is CC1CN(c2ccccc2)CCC1NCCCc1ccccc1. The van der Waals surface area contributed by atoms with E-state index >= 15 is 0 Å². The van der Waals surface area contributed by atoms with Crippen LogP contribution in [-0.4, -0.2) is 25.7 Å². The minimum atomic E-state index is 0.658. The van der Waals surface area contributed by atoms with E-state index in [0.29, 0.717) is 12.0 Å². The molecule has 1 heterocycles. The maximum absolute atomic E-state index is 3.79. The van der Waals surface area contributed by atoms with E-state index in [4.69, 9.17) is 0 Å². The standard InChI is InChI=1S/C21H28N2/c1-18-17-23(20-12-6-3-7-13-20)16-14-21(18)22-15-8-11-19-9-4-2-5-10-19/h2-7,9-10,12-13,18,21-22H,8,11,14-17H2,1H3. The van der Waals surface area contributed by atoms with Crippen molar-refractivity contribution in [1.82, 2.24) is 5.32 Å². The molecular formula is C21H28N2. The molecule has 0 amide bonds. The van der Waals surface area contributed by atoms with Crippen molar-refractivity contribution in [3.63, 3.8) is 0 Å². The van der Waals surface area contributed by atoms with E-state index in [1.165, 1.54) is 30.5 Å². The maximum Gasteiger partial charge on any atom is 0.0366 e. The zero-order valence-electron chi connectivity index (χ0n) is 14.1. The molecule has 2 unspecified atom stereocenters. The molecular weight excluding hydrogens is 280 g/mol. The number of para-hydroxylation sites is 1. The van der Waals surface area contributed by atoms with Gasteiger partial charge in [-0.2, -0.15) is 0 Å². The number of hydrogen-bond acceptors (Lipinski definition) is 2. The van der Waals surface area contributed by atoms with Crippen LogP contribution >= 0.6 is 0 Å². The second kappa shape index (κ2) is 8.16. The highest BCUT2D eigenvalue weighted by Crippen LogP contribution is 2.23. The lowest BCUT2D eigenvalue weighted by molar-refractivity contribution is 0.321. The van der Waals surface area contributed by atoms with Crippen LogP contribution in [0.4, 0.5) is 5.69 Å². The van der Waals surface area contributed by atoms with E-state index in [1.807, 2.05) is 0 Å². The topological polar surface area (TPSA) is 15.3 Å². The van der Waals surface area contributed by atoms with Crippen molar-refractivity contribution < 1.29 is 0 Å². The fourth-order valence-corrected chi connectivity index (χ4v) is 3.55. The molecule has 2 aromatic rings. The minimum absolute atomic E-state index is 0.658. The molecule has 0 spiro atoms. The third-order valence-corrected chi connectivity index (χ3v) is 4.92. The Bertz CT molecular complexity index is 567. The molecule has 2 nitrogen and oxygen atoms in total. The highest BCUT2D eigenvalue weighted by molar-refractivity contribution is 5.46. The number of nitrogens with one attached hydrogen (secondary N) is 1. The Hall–Kier alpha value is -1.80. The summed E-state index contributed by atoms with van der Waals surface area (Å²) < 4.78 is 0. The molecule has 23 heavy (non-hydrogen) atoms. The quantitative estimate of drug-likeness (QED) is 0.807. The van der Waals surface area contributed by atoms with Crippen molar-refractivity contribution in [2.24, 2.45) is 5.92 Å². The van der Waals surface area contributed by atoms with E-state index in [0.717, 1.165) is 19.6 Å². The molecule has 122 valence electrons. The van der Waals surface area contributed by atoms with Crippen LogP contribution in [0.15, 0.2) is 60.7 Å². The summed E-state index contributed by atoms with van der Waals surface area (Å²) in [5.41, 5.74) is 2.81. The van der Waals surface area contributed by atoms with Gasteiger partial charge in [0.15, 0.2) is 0 Å². The first-order valence-corrected chi connectivity index (χ1v) is 8.90. The number of piperidine rings is 1. The van der Waals surface area contributed by atoms with Crippen molar-refractivity contribution in [1.29, 1.82) is 0 Å². The normalized spacial score (nSPS) is 21.3. The Kier molecular flexibility index (Phi) is 5.71. The second-order valence-electron chi connectivity index (χ2n) is 6.70. The lowest BCUT2D eigenvalue weighted by Crippen LogP contribution is -2.48. The third kappa shape index (κ3) is 4.59. The zero-order valence-corrected chi connectivity index (χ0v) is 14.1. The van der Waals surface area contributed by atoms with Crippen molar-refractivity contribution in [2.75, 3.05) is 24.5 Å². The number of aryl methyl sites for hydroxylation is 1. The smallest absolute Gasteiger partial charge is 0.0366 e. The van der Waals surface area contributed by atoms with Gasteiger partial charge < -0.3 is 10.2 Å². The lowest BCUT2D eigenvalue weighted by Gasteiger charge is -2.38. The molecule has 2 aromatic carbocycles. The minimum Gasteiger partial charge on any atom is -0.371 e. The molecule has 3 rings (SSSR count). The molecule has 1 aliphatic heterocycles. The van der Waals surface area contributed by atoms with Crippen molar-refractivity contribution >= 4 is 5.69 Å². The predicted octanol–water partition coefficient (Wildman–Crippen LogP) is 4.12.